The van der Waals surface area contributed by atoms with E-state index in [1.807, 2.05) is 47.4 Å². The minimum atomic E-state index is 0.102. The van der Waals surface area contributed by atoms with Crippen molar-refractivity contribution in [2.24, 2.45) is 0 Å². The zero-order chi connectivity index (χ0) is 17.5. The number of rotatable bonds is 5. The summed E-state index contributed by atoms with van der Waals surface area (Å²) in [6.45, 7) is 3.51. The number of likely N-dealkylation sites (tertiary alicyclic amines) is 1. The van der Waals surface area contributed by atoms with Crippen LogP contribution in [0.1, 0.15) is 37.3 Å². The van der Waals surface area contributed by atoms with Crippen LogP contribution in [0.4, 0.5) is 0 Å². The zero-order valence-electron chi connectivity index (χ0n) is 14.6. The molecule has 1 aromatic heterocycles. The third-order valence-corrected chi connectivity index (χ3v) is 4.54. The standard InChI is InChI=1S/C21H24N2O2/c1-17-4-2-3-15-23(17)21(24)10-7-18-5-8-20(9-6-18)25-16-19-11-13-22-14-12-19/h5-14,17H,2-4,15-16H2,1H3. The number of carbonyl (C=O) groups is 1. The Kier molecular flexibility index (Phi) is 5.83. The molecule has 0 radical (unpaired) electrons. The molecule has 1 aliphatic heterocycles. The maximum atomic E-state index is 12.3. The summed E-state index contributed by atoms with van der Waals surface area (Å²) >= 11 is 0. The molecule has 0 spiro atoms. The summed E-state index contributed by atoms with van der Waals surface area (Å²) in [5, 5.41) is 0. The second kappa shape index (κ2) is 8.47. The third-order valence-electron chi connectivity index (χ3n) is 4.54. The van der Waals surface area contributed by atoms with Gasteiger partial charge >= 0.3 is 0 Å². The first-order valence-electron chi connectivity index (χ1n) is 8.83. The van der Waals surface area contributed by atoms with E-state index in [0.717, 1.165) is 36.3 Å². The lowest BCUT2D eigenvalue weighted by Gasteiger charge is -2.32. The molecule has 130 valence electrons. The van der Waals surface area contributed by atoms with Gasteiger partial charge < -0.3 is 9.64 Å². The molecule has 1 fully saturated rings. The average Bonchev–Trinajstić information content (AvgIpc) is 2.66. The van der Waals surface area contributed by atoms with Gasteiger partial charge in [0.05, 0.1) is 0 Å². The molecule has 0 N–H and O–H groups in total. The number of hydrogen-bond donors (Lipinski definition) is 0. The molecule has 0 aliphatic carbocycles. The van der Waals surface area contributed by atoms with Crippen molar-refractivity contribution in [2.75, 3.05) is 6.54 Å². The number of benzene rings is 1. The second-order valence-electron chi connectivity index (χ2n) is 6.42. The van der Waals surface area contributed by atoms with Crippen LogP contribution < -0.4 is 4.74 Å². The Hall–Kier alpha value is -2.62. The highest BCUT2D eigenvalue weighted by Crippen LogP contribution is 2.18. The van der Waals surface area contributed by atoms with Crippen LogP contribution in [0, 0.1) is 0 Å². The molecule has 1 amide bonds. The number of pyridine rings is 1. The van der Waals surface area contributed by atoms with E-state index in [9.17, 15) is 4.79 Å². The highest BCUT2D eigenvalue weighted by molar-refractivity contribution is 5.92. The molecule has 1 unspecified atom stereocenters. The van der Waals surface area contributed by atoms with Crippen LogP contribution in [-0.4, -0.2) is 28.4 Å². The van der Waals surface area contributed by atoms with Crippen molar-refractivity contribution in [3.8, 4) is 5.75 Å². The maximum absolute atomic E-state index is 12.3. The summed E-state index contributed by atoms with van der Waals surface area (Å²) in [6, 6.07) is 12.0. The van der Waals surface area contributed by atoms with Crippen molar-refractivity contribution in [3.63, 3.8) is 0 Å². The fourth-order valence-corrected chi connectivity index (χ4v) is 3.01. The maximum Gasteiger partial charge on any atom is 0.246 e. The predicted molar refractivity (Wildman–Crippen MR) is 99.1 cm³/mol. The number of amides is 1. The Balaban J connectivity index is 1.54. The fourth-order valence-electron chi connectivity index (χ4n) is 3.01. The van der Waals surface area contributed by atoms with Crippen molar-refractivity contribution < 1.29 is 9.53 Å². The summed E-state index contributed by atoms with van der Waals surface area (Å²) in [5.41, 5.74) is 2.08. The SMILES string of the molecule is CC1CCCCN1C(=O)C=Cc1ccc(OCc2ccncc2)cc1. The molecule has 0 bridgehead atoms. The van der Waals surface area contributed by atoms with Crippen molar-refractivity contribution >= 4 is 12.0 Å². The van der Waals surface area contributed by atoms with Gasteiger partial charge in [-0.15, -0.1) is 0 Å². The predicted octanol–water partition coefficient (Wildman–Crippen LogP) is 4.07. The van der Waals surface area contributed by atoms with E-state index in [4.69, 9.17) is 4.74 Å². The van der Waals surface area contributed by atoms with E-state index in [2.05, 4.69) is 11.9 Å². The smallest absolute Gasteiger partial charge is 0.246 e. The van der Waals surface area contributed by atoms with Gasteiger partial charge in [0.25, 0.3) is 0 Å². The van der Waals surface area contributed by atoms with E-state index in [1.165, 1.54) is 6.42 Å². The number of nitrogens with zero attached hydrogens (tertiary/aromatic N) is 2. The molecular weight excluding hydrogens is 312 g/mol. The molecule has 1 aliphatic rings. The largest absolute Gasteiger partial charge is 0.489 e. The van der Waals surface area contributed by atoms with Crippen LogP contribution in [0.2, 0.25) is 0 Å². The summed E-state index contributed by atoms with van der Waals surface area (Å²) in [4.78, 5) is 18.3. The lowest BCUT2D eigenvalue weighted by molar-refractivity contribution is -0.129. The van der Waals surface area contributed by atoms with Crippen molar-refractivity contribution in [3.05, 3.63) is 66.0 Å². The zero-order valence-corrected chi connectivity index (χ0v) is 14.6. The second-order valence-corrected chi connectivity index (χ2v) is 6.42. The lowest BCUT2D eigenvalue weighted by atomic mass is 10.0. The average molecular weight is 336 g/mol. The molecule has 4 heteroatoms. The summed E-state index contributed by atoms with van der Waals surface area (Å²) in [5.74, 6) is 0.912. The molecule has 1 atom stereocenters. The van der Waals surface area contributed by atoms with E-state index in [0.29, 0.717) is 12.6 Å². The normalized spacial score (nSPS) is 17.6. The van der Waals surface area contributed by atoms with E-state index in [-0.39, 0.29) is 5.91 Å². The van der Waals surface area contributed by atoms with Crippen LogP contribution in [-0.2, 0) is 11.4 Å². The minimum Gasteiger partial charge on any atom is -0.489 e. The Morgan fingerprint density at radius 1 is 1.20 bits per heavy atom. The van der Waals surface area contributed by atoms with Gasteiger partial charge in [-0.05, 0) is 67.7 Å². The van der Waals surface area contributed by atoms with Crippen LogP contribution in [0.5, 0.6) is 5.75 Å². The van der Waals surface area contributed by atoms with Gasteiger partial charge in [-0.2, -0.15) is 0 Å². The quantitative estimate of drug-likeness (QED) is 0.773. The van der Waals surface area contributed by atoms with Crippen molar-refractivity contribution in [1.82, 2.24) is 9.88 Å². The first kappa shape index (κ1) is 17.2. The number of hydrogen-bond acceptors (Lipinski definition) is 3. The van der Waals surface area contributed by atoms with E-state index >= 15 is 0 Å². The van der Waals surface area contributed by atoms with Gasteiger partial charge in [-0.25, -0.2) is 0 Å². The molecule has 25 heavy (non-hydrogen) atoms. The first-order valence-corrected chi connectivity index (χ1v) is 8.83. The van der Waals surface area contributed by atoms with Gasteiger partial charge in [0, 0.05) is 31.1 Å². The Morgan fingerprint density at radius 3 is 2.68 bits per heavy atom. The van der Waals surface area contributed by atoms with Gasteiger partial charge in [-0.1, -0.05) is 12.1 Å². The highest BCUT2D eigenvalue weighted by atomic mass is 16.5. The Labute approximate surface area is 149 Å². The summed E-state index contributed by atoms with van der Waals surface area (Å²) in [6.07, 6.45) is 10.5. The summed E-state index contributed by atoms with van der Waals surface area (Å²) in [7, 11) is 0. The van der Waals surface area contributed by atoms with E-state index in [1.54, 1.807) is 18.5 Å². The van der Waals surface area contributed by atoms with Crippen LogP contribution in [0.25, 0.3) is 6.08 Å². The molecule has 1 saturated heterocycles. The van der Waals surface area contributed by atoms with E-state index < -0.39 is 0 Å². The minimum absolute atomic E-state index is 0.102. The number of carbonyl (C=O) groups excluding carboxylic acids is 1. The molecular formula is C21H24N2O2. The van der Waals surface area contributed by atoms with Gasteiger partial charge in [-0.3, -0.25) is 9.78 Å². The summed E-state index contributed by atoms with van der Waals surface area (Å²) < 4.78 is 5.75. The monoisotopic (exact) mass is 336 g/mol. The van der Waals surface area contributed by atoms with Crippen LogP contribution in [0.15, 0.2) is 54.9 Å². The van der Waals surface area contributed by atoms with Gasteiger partial charge in [0.15, 0.2) is 0 Å². The molecule has 3 rings (SSSR count). The van der Waals surface area contributed by atoms with Gasteiger partial charge in [0.2, 0.25) is 5.91 Å². The van der Waals surface area contributed by atoms with Crippen molar-refractivity contribution in [1.29, 1.82) is 0 Å². The Bertz CT molecular complexity index is 710. The van der Waals surface area contributed by atoms with Crippen LogP contribution in [0.3, 0.4) is 0 Å². The molecule has 4 nitrogen and oxygen atoms in total. The molecule has 0 saturated carbocycles. The number of piperidine rings is 1. The highest BCUT2D eigenvalue weighted by Gasteiger charge is 2.21. The number of aromatic nitrogens is 1. The molecule has 2 heterocycles. The van der Waals surface area contributed by atoms with Crippen molar-refractivity contribution in [2.45, 2.75) is 38.8 Å². The lowest BCUT2D eigenvalue weighted by Crippen LogP contribution is -2.41. The van der Waals surface area contributed by atoms with Gasteiger partial charge in [0.1, 0.15) is 12.4 Å². The first-order chi connectivity index (χ1) is 12.2. The molecule has 2 aromatic rings. The fraction of sp³-hybridized carbons (Fsp3) is 0.333. The van der Waals surface area contributed by atoms with Crippen LogP contribution >= 0.6 is 0 Å². The Morgan fingerprint density at radius 2 is 1.96 bits per heavy atom. The third kappa shape index (κ3) is 4.92. The number of ether oxygens (including phenoxy) is 1. The molecule has 1 aromatic carbocycles. The topological polar surface area (TPSA) is 42.4 Å².